The highest BCUT2D eigenvalue weighted by Gasteiger charge is 2.26. The van der Waals surface area contributed by atoms with Gasteiger partial charge in [0.2, 0.25) is 5.91 Å². The van der Waals surface area contributed by atoms with E-state index in [1.54, 1.807) is 13.4 Å². The zero-order valence-corrected chi connectivity index (χ0v) is 16.2. The molecule has 0 saturated carbocycles. The molecule has 1 aliphatic heterocycles. The van der Waals surface area contributed by atoms with Crippen LogP contribution in [0.1, 0.15) is 18.4 Å². The summed E-state index contributed by atoms with van der Waals surface area (Å²) in [6, 6.07) is 7.76. The van der Waals surface area contributed by atoms with Crippen LogP contribution in [0.5, 0.6) is 5.75 Å². The molecular weight excluding hydrogens is 342 g/mol. The summed E-state index contributed by atoms with van der Waals surface area (Å²) in [6.45, 7) is 2.20. The highest BCUT2D eigenvalue weighted by Crippen LogP contribution is 2.29. The van der Waals surface area contributed by atoms with Gasteiger partial charge in [0.1, 0.15) is 12.1 Å². The van der Waals surface area contributed by atoms with E-state index in [2.05, 4.69) is 20.2 Å². The van der Waals surface area contributed by atoms with Crippen LogP contribution in [0.25, 0.3) is 0 Å². The number of amides is 1. The van der Waals surface area contributed by atoms with Gasteiger partial charge in [0.05, 0.1) is 19.0 Å². The van der Waals surface area contributed by atoms with Crippen LogP contribution < -0.4 is 19.9 Å². The fourth-order valence-electron chi connectivity index (χ4n) is 3.34. The molecule has 2 heterocycles. The van der Waals surface area contributed by atoms with Gasteiger partial charge in [0.25, 0.3) is 0 Å². The fraction of sp³-hybridized carbons (Fsp3) is 0.450. The largest absolute Gasteiger partial charge is 0.497 e. The van der Waals surface area contributed by atoms with Crippen LogP contribution in [0.3, 0.4) is 0 Å². The minimum Gasteiger partial charge on any atom is -0.497 e. The second-order valence-electron chi connectivity index (χ2n) is 6.95. The first-order valence-electron chi connectivity index (χ1n) is 9.21. The summed E-state index contributed by atoms with van der Waals surface area (Å²) >= 11 is 0. The van der Waals surface area contributed by atoms with Crippen molar-refractivity contribution in [3.63, 3.8) is 0 Å². The fourth-order valence-corrected chi connectivity index (χ4v) is 3.34. The van der Waals surface area contributed by atoms with Crippen molar-refractivity contribution in [1.82, 2.24) is 15.3 Å². The van der Waals surface area contributed by atoms with E-state index in [1.807, 2.05) is 49.5 Å². The third-order valence-corrected chi connectivity index (χ3v) is 4.93. The maximum Gasteiger partial charge on any atom is 0.223 e. The SMILES string of the molecule is COc1ccc(CNC(=O)C2CCN(c3cncnc3N(C)C)CC2)cc1. The lowest BCUT2D eigenvalue weighted by atomic mass is 9.95. The van der Waals surface area contributed by atoms with Crippen molar-refractivity contribution in [3.8, 4) is 5.75 Å². The van der Waals surface area contributed by atoms with Gasteiger partial charge in [-0.05, 0) is 30.5 Å². The third-order valence-electron chi connectivity index (χ3n) is 4.93. The number of benzene rings is 1. The number of rotatable bonds is 6. The van der Waals surface area contributed by atoms with Crippen LogP contribution in [0, 0.1) is 5.92 Å². The van der Waals surface area contributed by atoms with Crippen molar-refractivity contribution < 1.29 is 9.53 Å². The number of aromatic nitrogens is 2. The van der Waals surface area contributed by atoms with Crippen molar-refractivity contribution in [2.45, 2.75) is 19.4 Å². The first-order chi connectivity index (χ1) is 13.1. The van der Waals surface area contributed by atoms with Crippen molar-refractivity contribution in [1.29, 1.82) is 0 Å². The van der Waals surface area contributed by atoms with Gasteiger partial charge in [-0.3, -0.25) is 4.79 Å². The predicted molar refractivity (Wildman–Crippen MR) is 106 cm³/mol. The minimum absolute atomic E-state index is 0.0481. The van der Waals surface area contributed by atoms with Crippen LogP contribution in [0.15, 0.2) is 36.8 Å². The maximum absolute atomic E-state index is 12.5. The van der Waals surface area contributed by atoms with Gasteiger partial charge in [-0.1, -0.05) is 12.1 Å². The number of carbonyl (C=O) groups is 1. The van der Waals surface area contributed by atoms with Crippen molar-refractivity contribution in [3.05, 3.63) is 42.4 Å². The van der Waals surface area contributed by atoms with E-state index in [0.717, 1.165) is 48.7 Å². The van der Waals surface area contributed by atoms with Gasteiger partial charge in [0, 0.05) is 39.6 Å². The Balaban J connectivity index is 1.52. The van der Waals surface area contributed by atoms with Gasteiger partial charge in [0.15, 0.2) is 5.82 Å². The molecule has 7 nitrogen and oxygen atoms in total. The predicted octanol–water partition coefficient (Wildman–Crippen LogP) is 2.08. The monoisotopic (exact) mass is 369 g/mol. The average Bonchev–Trinajstić information content (AvgIpc) is 2.72. The summed E-state index contributed by atoms with van der Waals surface area (Å²) < 4.78 is 5.16. The molecule has 0 unspecified atom stereocenters. The number of nitrogens with zero attached hydrogens (tertiary/aromatic N) is 4. The van der Waals surface area contributed by atoms with Crippen LogP contribution >= 0.6 is 0 Å². The molecule has 0 bridgehead atoms. The van der Waals surface area contributed by atoms with Gasteiger partial charge in [-0.15, -0.1) is 0 Å². The maximum atomic E-state index is 12.5. The summed E-state index contributed by atoms with van der Waals surface area (Å²) in [5, 5.41) is 3.06. The molecule has 2 aromatic rings. The van der Waals surface area contributed by atoms with Crippen LogP contribution in [-0.4, -0.2) is 50.2 Å². The molecule has 27 heavy (non-hydrogen) atoms. The first-order valence-corrected chi connectivity index (χ1v) is 9.21. The van der Waals surface area contributed by atoms with E-state index in [1.165, 1.54) is 0 Å². The second-order valence-corrected chi connectivity index (χ2v) is 6.95. The Morgan fingerprint density at radius 3 is 2.59 bits per heavy atom. The van der Waals surface area contributed by atoms with Gasteiger partial charge in [-0.2, -0.15) is 0 Å². The number of piperidine rings is 1. The smallest absolute Gasteiger partial charge is 0.223 e. The van der Waals surface area contributed by atoms with Crippen LogP contribution in [-0.2, 0) is 11.3 Å². The van der Waals surface area contributed by atoms with Gasteiger partial charge >= 0.3 is 0 Å². The molecule has 1 aliphatic rings. The number of hydrogen-bond donors (Lipinski definition) is 1. The zero-order chi connectivity index (χ0) is 19.2. The van der Waals surface area contributed by atoms with E-state index in [-0.39, 0.29) is 11.8 Å². The molecule has 1 fully saturated rings. The average molecular weight is 369 g/mol. The van der Waals surface area contributed by atoms with Gasteiger partial charge < -0.3 is 19.9 Å². The van der Waals surface area contributed by atoms with Crippen molar-refractivity contribution in [2.75, 3.05) is 44.1 Å². The molecule has 1 saturated heterocycles. The topological polar surface area (TPSA) is 70.6 Å². The molecule has 1 amide bonds. The molecule has 1 aromatic heterocycles. The quantitative estimate of drug-likeness (QED) is 0.841. The number of ether oxygens (including phenoxy) is 1. The zero-order valence-electron chi connectivity index (χ0n) is 16.2. The summed E-state index contributed by atoms with van der Waals surface area (Å²) in [6.07, 6.45) is 5.08. The number of hydrogen-bond acceptors (Lipinski definition) is 6. The molecule has 1 N–H and O–H groups in total. The Morgan fingerprint density at radius 1 is 1.26 bits per heavy atom. The molecule has 0 spiro atoms. The summed E-state index contributed by atoms with van der Waals surface area (Å²) in [5.41, 5.74) is 2.10. The van der Waals surface area contributed by atoms with Gasteiger partial charge in [-0.25, -0.2) is 9.97 Å². The molecule has 0 aliphatic carbocycles. The molecule has 7 heteroatoms. The third kappa shape index (κ3) is 4.67. The molecule has 144 valence electrons. The Kier molecular flexibility index (Phi) is 6.11. The van der Waals surface area contributed by atoms with E-state index in [9.17, 15) is 4.79 Å². The lowest BCUT2D eigenvalue weighted by molar-refractivity contribution is -0.125. The second kappa shape index (κ2) is 8.70. The standard InChI is InChI=1S/C20H27N5O2/c1-24(2)19-18(13-21-14-23-19)25-10-8-16(9-11-25)20(26)22-12-15-4-6-17(27-3)7-5-15/h4-7,13-14,16H,8-12H2,1-3H3,(H,22,26). The van der Waals surface area contributed by atoms with Crippen molar-refractivity contribution >= 4 is 17.4 Å². The Morgan fingerprint density at radius 2 is 1.96 bits per heavy atom. The van der Waals surface area contributed by atoms with E-state index < -0.39 is 0 Å². The van der Waals surface area contributed by atoms with Crippen LogP contribution in [0.4, 0.5) is 11.5 Å². The van der Waals surface area contributed by atoms with E-state index in [0.29, 0.717) is 6.54 Å². The van der Waals surface area contributed by atoms with E-state index in [4.69, 9.17) is 4.74 Å². The highest BCUT2D eigenvalue weighted by atomic mass is 16.5. The van der Waals surface area contributed by atoms with E-state index >= 15 is 0 Å². The first kappa shape index (κ1) is 18.9. The molecule has 1 aromatic carbocycles. The Labute approximate surface area is 160 Å². The molecular formula is C20H27N5O2. The Hall–Kier alpha value is -2.83. The normalized spacial score (nSPS) is 14.7. The Bertz CT molecular complexity index is 755. The summed E-state index contributed by atoms with van der Waals surface area (Å²) in [7, 11) is 5.60. The van der Waals surface area contributed by atoms with Crippen molar-refractivity contribution in [2.24, 2.45) is 5.92 Å². The number of methoxy groups -OCH3 is 1. The number of anilines is 2. The summed E-state index contributed by atoms with van der Waals surface area (Å²) in [4.78, 5) is 25.3. The van der Waals surface area contributed by atoms with Crippen LogP contribution in [0.2, 0.25) is 0 Å². The lowest BCUT2D eigenvalue weighted by Crippen LogP contribution is -2.41. The summed E-state index contributed by atoms with van der Waals surface area (Å²) in [5.74, 6) is 1.90. The lowest BCUT2D eigenvalue weighted by Gasteiger charge is -2.34. The molecule has 0 atom stereocenters. The number of nitrogens with one attached hydrogen (secondary N) is 1. The molecule has 3 rings (SSSR count). The number of carbonyl (C=O) groups excluding carboxylic acids is 1. The minimum atomic E-state index is 0.0481. The highest BCUT2D eigenvalue weighted by molar-refractivity contribution is 5.79. The molecule has 0 radical (unpaired) electrons.